The third-order valence-electron chi connectivity index (χ3n) is 4.31. The summed E-state index contributed by atoms with van der Waals surface area (Å²) in [6.45, 7) is 1.55. The summed E-state index contributed by atoms with van der Waals surface area (Å²) in [7, 11) is -3.49. The molecule has 0 N–H and O–H groups in total. The topological polar surface area (TPSA) is 54.5 Å². The number of carbonyl (C=O) groups excluding carboxylic acids is 1. The molecule has 0 unspecified atom stereocenters. The van der Waals surface area contributed by atoms with Gasteiger partial charge in [-0.15, -0.1) is 0 Å². The van der Waals surface area contributed by atoms with Gasteiger partial charge in [0.1, 0.15) is 5.82 Å². The first-order chi connectivity index (χ1) is 11.9. The Morgan fingerprint density at radius 2 is 1.60 bits per heavy atom. The largest absolute Gasteiger partial charge is 0.339 e. The second-order valence-electron chi connectivity index (χ2n) is 6.32. The molecule has 6 heteroatoms. The summed E-state index contributed by atoms with van der Waals surface area (Å²) in [5.74, 6) is -1.05. The second-order valence-corrected chi connectivity index (χ2v) is 8.38. The Labute approximate surface area is 147 Å². The second kappa shape index (κ2) is 7.35. The molecule has 0 radical (unpaired) electrons. The number of hydrogen-bond donors (Lipinski definition) is 0. The zero-order chi connectivity index (χ0) is 17.9. The van der Waals surface area contributed by atoms with Crippen LogP contribution < -0.4 is 0 Å². The van der Waals surface area contributed by atoms with E-state index in [4.69, 9.17) is 0 Å². The molecule has 0 aliphatic carbocycles. The lowest BCUT2D eigenvalue weighted by molar-refractivity contribution is 0.0793. The monoisotopic (exact) mass is 361 g/mol. The van der Waals surface area contributed by atoms with Crippen LogP contribution in [-0.4, -0.2) is 32.3 Å². The number of rotatable bonds is 5. The van der Waals surface area contributed by atoms with Gasteiger partial charge in [-0.3, -0.25) is 4.79 Å². The fourth-order valence-corrected chi connectivity index (χ4v) is 4.51. The van der Waals surface area contributed by atoms with Crippen LogP contribution in [0.2, 0.25) is 0 Å². The highest BCUT2D eigenvalue weighted by molar-refractivity contribution is 7.89. The highest BCUT2D eigenvalue weighted by Crippen LogP contribution is 2.17. The van der Waals surface area contributed by atoms with Gasteiger partial charge in [-0.25, -0.2) is 12.8 Å². The molecule has 1 saturated heterocycles. The molecule has 0 bridgehead atoms. The van der Waals surface area contributed by atoms with E-state index in [1.165, 1.54) is 18.2 Å². The zero-order valence-corrected chi connectivity index (χ0v) is 14.6. The lowest BCUT2D eigenvalue weighted by Crippen LogP contribution is -2.27. The van der Waals surface area contributed by atoms with Gasteiger partial charge in [0, 0.05) is 24.2 Å². The third-order valence-corrected chi connectivity index (χ3v) is 5.84. The summed E-state index contributed by atoms with van der Waals surface area (Å²) in [5.41, 5.74) is 1.33. The molecule has 2 aromatic carbocycles. The van der Waals surface area contributed by atoms with E-state index in [1.54, 1.807) is 30.3 Å². The molecular weight excluding hydrogens is 341 g/mol. The number of likely N-dealkylation sites (tertiary alicyclic amines) is 1. The Balaban J connectivity index is 1.68. The van der Waals surface area contributed by atoms with Crippen molar-refractivity contribution in [3.63, 3.8) is 0 Å². The van der Waals surface area contributed by atoms with Crippen molar-refractivity contribution in [2.75, 3.05) is 13.1 Å². The minimum absolute atomic E-state index is 0.0155. The molecule has 0 saturated carbocycles. The fraction of sp³-hybridized carbons (Fsp3) is 0.316. The van der Waals surface area contributed by atoms with Gasteiger partial charge in [0.15, 0.2) is 9.84 Å². The van der Waals surface area contributed by atoms with E-state index in [9.17, 15) is 17.6 Å². The molecule has 1 fully saturated rings. The fourth-order valence-electron chi connectivity index (χ4n) is 3.00. The zero-order valence-electron chi connectivity index (χ0n) is 13.8. The van der Waals surface area contributed by atoms with E-state index in [1.807, 2.05) is 4.90 Å². The van der Waals surface area contributed by atoms with E-state index in [2.05, 4.69) is 0 Å². The van der Waals surface area contributed by atoms with Crippen molar-refractivity contribution in [1.82, 2.24) is 4.90 Å². The van der Waals surface area contributed by atoms with Crippen molar-refractivity contribution >= 4 is 15.7 Å². The summed E-state index contributed by atoms with van der Waals surface area (Å²) in [6.07, 6.45) is 2.05. The molecule has 0 atom stereocenters. The molecule has 132 valence electrons. The summed E-state index contributed by atoms with van der Waals surface area (Å²) in [4.78, 5) is 14.1. The molecule has 1 aliphatic rings. The Hall–Kier alpha value is -2.21. The number of amides is 1. The minimum atomic E-state index is -3.49. The maximum Gasteiger partial charge on any atom is 0.253 e. The van der Waals surface area contributed by atoms with Crippen molar-refractivity contribution in [3.05, 3.63) is 71.0 Å². The van der Waals surface area contributed by atoms with Crippen molar-refractivity contribution < 1.29 is 17.6 Å². The van der Waals surface area contributed by atoms with Crippen LogP contribution in [0.25, 0.3) is 0 Å². The van der Waals surface area contributed by atoms with Gasteiger partial charge >= 0.3 is 0 Å². The van der Waals surface area contributed by atoms with Gasteiger partial charge < -0.3 is 4.90 Å². The molecule has 2 aromatic rings. The Kier molecular flexibility index (Phi) is 5.18. The SMILES string of the molecule is O=C(c1ccc(CS(=O)(=O)Cc2ccccc2F)cc1)N1CCCC1. The van der Waals surface area contributed by atoms with Crippen LogP contribution in [0, 0.1) is 5.82 Å². The maximum atomic E-state index is 13.6. The van der Waals surface area contributed by atoms with Crippen molar-refractivity contribution in [2.24, 2.45) is 0 Å². The van der Waals surface area contributed by atoms with E-state index in [-0.39, 0.29) is 23.0 Å². The van der Waals surface area contributed by atoms with Gasteiger partial charge in [0.2, 0.25) is 0 Å². The normalized spacial score (nSPS) is 14.7. The number of carbonyl (C=O) groups is 1. The van der Waals surface area contributed by atoms with E-state index in [0.29, 0.717) is 11.1 Å². The van der Waals surface area contributed by atoms with Crippen LogP contribution in [0.3, 0.4) is 0 Å². The van der Waals surface area contributed by atoms with Gasteiger partial charge in [0.05, 0.1) is 11.5 Å². The standard InChI is InChI=1S/C19H20FNO3S/c20-18-6-2-1-5-17(18)14-25(23,24)13-15-7-9-16(10-8-15)19(22)21-11-3-4-12-21/h1-2,5-10H,3-4,11-14H2. The van der Waals surface area contributed by atoms with Gasteiger partial charge in [-0.1, -0.05) is 30.3 Å². The first-order valence-corrected chi connectivity index (χ1v) is 10.1. The minimum Gasteiger partial charge on any atom is -0.339 e. The third kappa shape index (κ3) is 4.45. The van der Waals surface area contributed by atoms with Crippen LogP contribution >= 0.6 is 0 Å². The number of sulfone groups is 1. The van der Waals surface area contributed by atoms with Crippen molar-refractivity contribution in [1.29, 1.82) is 0 Å². The average Bonchev–Trinajstić information content (AvgIpc) is 3.11. The van der Waals surface area contributed by atoms with Crippen molar-refractivity contribution in [3.8, 4) is 0 Å². The lowest BCUT2D eigenvalue weighted by atomic mass is 10.1. The molecule has 0 aromatic heterocycles. The van der Waals surface area contributed by atoms with E-state index < -0.39 is 15.7 Å². The van der Waals surface area contributed by atoms with E-state index >= 15 is 0 Å². The van der Waals surface area contributed by atoms with Crippen LogP contribution in [0.1, 0.15) is 34.3 Å². The predicted molar refractivity (Wildman–Crippen MR) is 94.3 cm³/mol. The quantitative estimate of drug-likeness (QED) is 0.822. The summed E-state index contributed by atoms with van der Waals surface area (Å²) in [6, 6.07) is 12.5. The Morgan fingerprint density at radius 1 is 0.960 bits per heavy atom. The smallest absolute Gasteiger partial charge is 0.253 e. The molecule has 3 rings (SSSR count). The van der Waals surface area contributed by atoms with Crippen LogP contribution in [-0.2, 0) is 21.3 Å². The molecule has 1 aliphatic heterocycles. The van der Waals surface area contributed by atoms with E-state index in [0.717, 1.165) is 25.9 Å². The first-order valence-electron chi connectivity index (χ1n) is 8.27. The number of halogens is 1. The van der Waals surface area contributed by atoms with Gasteiger partial charge in [-0.05, 0) is 36.6 Å². The highest BCUT2D eigenvalue weighted by atomic mass is 32.2. The Bertz CT molecular complexity index is 856. The van der Waals surface area contributed by atoms with Gasteiger partial charge in [0.25, 0.3) is 5.91 Å². The molecule has 4 nitrogen and oxygen atoms in total. The molecule has 0 spiro atoms. The lowest BCUT2D eigenvalue weighted by Gasteiger charge is -2.15. The van der Waals surface area contributed by atoms with Crippen molar-refractivity contribution in [2.45, 2.75) is 24.3 Å². The molecular formula is C19H20FNO3S. The molecule has 25 heavy (non-hydrogen) atoms. The van der Waals surface area contributed by atoms with Crippen LogP contribution in [0.5, 0.6) is 0 Å². The maximum absolute atomic E-state index is 13.6. The molecule has 1 amide bonds. The summed E-state index contributed by atoms with van der Waals surface area (Å²) in [5, 5.41) is 0. The average molecular weight is 361 g/mol. The first kappa shape index (κ1) is 17.6. The number of benzene rings is 2. The summed E-state index contributed by atoms with van der Waals surface area (Å²) >= 11 is 0. The summed E-state index contributed by atoms with van der Waals surface area (Å²) < 4.78 is 38.3. The van der Waals surface area contributed by atoms with Gasteiger partial charge in [-0.2, -0.15) is 0 Å². The van der Waals surface area contributed by atoms with Crippen LogP contribution in [0.15, 0.2) is 48.5 Å². The predicted octanol–water partition coefficient (Wildman–Crippen LogP) is 3.18. The highest BCUT2D eigenvalue weighted by Gasteiger charge is 2.20. The molecule has 1 heterocycles. The number of hydrogen-bond acceptors (Lipinski definition) is 3. The number of nitrogens with zero attached hydrogens (tertiary/aromatic N) is 1. The van der Waals surface area contributed by atoms with Crippen LogP contribution in [0.4, 0.5) is 4.39 Å². The Morgan fingerprint density at radius 3 is 2.24 bits per heavy atom.